The van der Waals surface area contributed by atoms with Gasteiger partial charge in [0.1, 0.15) is 5.82 Å². The van der Waals surface area contributed by atoms with Crippen molar-refractivity contribution in [1.82, 2.24) is 0 Å². The van der Waals surface area contributed by atoms with E-state index >= 15 is 0 Å². The molecule has 0 saturated heterocycles. The van der Waals surface area contributed by atoms with E-state index in [1.54, 1.807) is 6.07 Å². The Kier molecular flexibility index (Phi) is 3.62. The summed E-state index contributed by atoms with van der Waals surface area (Å²) in [6, 6.07) is 9.95. The Labute approximate surface area is 117 Å². The Bertz CT molecular complexity index is 637. The van der Waals surface area contributed by atoms with Crippen LogP contribution in [0.4, 0.5) is 4.39 Å². The molecule has 2 rings (SSSR count). The number of rotatable bonds is 2. The van der Waals surface area contributed by atoms with Crippen LogP contribution in [0.2, 0.25) is 0 Å². The second-order valence-electron chi connectivity index (χ2n) is 5.80. The molecule has 0 spiro atoms. The van der Waals surface area contributed by atoms with E-state index in [9.17, 15) is 14.3 Å². The molecule has 3 heteroatoms. The molecule has 0 unspecified atom stereocenters. The van der Waals surface area contributed by atoms with Gasteiger partial charge < -0.3 is 5.11 Å². The molecule has 0 radical (unpaired) electrons. The van der Waals surface area contributed by atoms with Crippen molar-refractivity contribution in [3.63, 3.8) is 0 Å². The summed E-state index contributed by atoms with van der Waals surface area (Å²) in [5.74, 6) is -0.671. The molecule has 0 N–H and O–H groups in total. The van der Waals surface area contributed by atoms with Crippen LogP contribution >= 0.6 is 0 Å². The molecular weight excluding hydrogens is 255 g/mol. The van der Waals surface area contributed by atoms with Crippen LogP contribution in [0.1, 0.15) is 42.3 Å². The lowest BCUT2D eigenvalue weighted by atomic mass is 9.84. The van der Waals surface area contributed by atoms with Crippen molar-refractivity contribution < 1.29 is 14.3 Å². The zero-order valence-corrected chi connectivity index (χ0v) is 11.7. The van der Waals surface area contributed by atoms with Gasteiger partial charge >= 0.3 is 0 Å². The smallest absolute Gasteiger partial charge is 0.193 e. The minimum Gasteiger partial charge on any atom is -0.872 e. The largest absolute Gasteiger partial charge is 0.872 e. The lowest BCUT2D eigenvalue weighted by molar-refractivity contribution is -0.270. The minimum atomic E-state index is -0.383. The quantitative estimate of drug-likeness (QED) is 0.785. The van der Waals surface area contributed by atoms with Crippen LogP contribution in [0.25, 0.3) is 0 Å². The molecule has 0 bridgehead atoms. The van der Waals surface area contributed by atoms with Crippen LogP contribution in [0.3, 0.4) is 0 Å². The molecule has 0 aliphatic heterocycles. The summed E-state index contributed by atoms with van der Waals surface area (Å²) in [7, 11) is 0. The third-order valence-corrected chi connectivity index (χ3v) is 3.16. The first-order chi connectivity index (χ1) is 9.29. The Morgan fingerprint density at radius 2 is 1.55 bits per heavy atom. The summed E-state index contributed by atoms with van der Waals surface area (Å²) in [5.41, 5.74) is 1.13. The number of ketones is 1. The predicted molar refractivity (Wildman–Crippen MR) is 74.4 cm³/mol. The van der Waals surface area contributed by atoms with E-state index < -0.39 is 0 Å². The fraction of sp³-hybridized carbons (Fsp3) is 0.235. The molecular formula is C17H16FO2-. The van der Waals surface area contributed by atoms with Crippen LogP contribution < -0.4 is 5.11 Å². The number of benzene rings is 2. The Balaban J connectivity index is 2.43. The highest BCUT2D eigenvalue weighted by Crippen LogP contribution is 2.30. The third-order valence-electron chi connectivity index (χ3n) is 3.16. The van der Waals surface area contributed by atoms with Crippen LogP contribution in [0, 0.1) is 5.82 Å². The van der Waals surface area contributed by atoms with E-state index in [1.807, 2.05) is 20.8 Å². The molecule has 104 valence electrons. The Morgan fingerprint density at radius 3 is 2.10 bits per heavy atom. The number of carbonyl (C=O) groups excluding carboxylic acids is 1. The van der Waals surface area contributed by atoms with Crippen molar-refractivity contribution in [2.75, 3.05) is 0 Å². The van der Waals surface area contributed by atoms with Gasteiger partial charge in [0.15, 0.2) is 5.78 Å². The van der Waals surface area contributed by atoms with Gasteiger partial charge in [0.05, 0.1) is 0 Å². The molecule has 2 nitrogen and oxygen atoms in total. The molecule has 0 saturated carbocycles. The highest BCUT2D eigenvalue weighted by Gasteiger charge is 2.17. The van der Waals surface area contributed by atoms with E-state index in [0.29, 0.717) is 16.7 Å². The van der Waals surface area contributed by atoms with E-state index in [4.69, 9.17) is 0 Å². The molecule has 0 atom stereocenters. The van der Waals surface area contributed by atoms with E-state index in [1.165, 1.54) is 36.4 Å². The fourth-order valence-electron chi connectivity index (χ4n) is 2.03. The van der Waals surface area contributed by atoms with Crippen molar-refractivity contribution >= 4 is 5.78 Å². The van der Waals surface area contributed by atoms with Gasteiger partial charge in [0.25, 0.3) is 0 Å². The molecule has 2 aromatic rings. The first kappa shape index (κ1) is 14.3. The normalized spacial score (nSPS) is 11.4. The average Bonchev–Trinajstić information content (AvgIpc) is 2.38. The number of carbonyl (C=O) groups is 1. The monoisotopic (exact) mass is 271 g/mol. The molecule has 0 amide bonds. The summed E-state index contributed by atoms with van der Waals surface area (Å²) >= 11 is 0. The van der Waals surface area contributed by atoms with E-state index in [2.05, 4.69) is 0 Å². The van der Waals surface area contributed by atoms with Crippen LogP contribution in [0.15, 0.2) is 42.5 Å². The molecule has 0 heterocycles. The number of hydrogen-bond acceptors (Lipinski definition) is 2. The Hall–Kier alpha value is -2.16. The van der Waals surface area contributed by atoms with Crippen molar-refractivity contribution in [2.45, 2.75) is 26.2 Å². The molecule has 20 heavy (non-hydrogen) atoms. The number of halogens is 1. The van der Waals surface area contributed by atoms with Crippen molar-refractivity contribution in [1.29, 1.82) is 0 Å². The minimum absolute atomic E-state index is 0.0758. The lowest BCUT2D eigenvalue weighted by Crippen LogP contribution is -2.16. The van der Waals surface area contributed by atoms with Crippen LogP contribution in [-0.2, 0) is 5.41 Å². The number of hydrogen-bond donors (Lipinski definition) is 0. The zero-order chi connectivity index (χ0) is 14.9. The fourth-order valence-corrected chi connectivity index (χ4v) is 2.03. The van der Waals surface area contributed by atoms with Gasteiger partial charge in [0, 0.05) is 11.1 Å². The standard InChI is InChI=1S/C17H17FO2/c1-17(2,3)14-10-12(6-9-15(14)19)16(20)11-4-7-13(18)8-5-11/h4-10,19H,1-3H3/p-1. The SMILES string of the molecule is CC(C)(C)c1cc(C(=O)c2ccc(F)cc2)ccc1[O-]. The maximum absolute atomic E-state index is 12.9. The average molecular weight is 271 g/mol. The molecule has 0 fully saturated rings. The summed E-state index contributed by atoms with van der Waals surface area (Å²) in [5, 5.41) is 11.9. The molecule has 2 aromatic carbocycles. The highest BCUT2D eigenvalue weighted by molar-refractivity contribution is 6.09. The van der Waals surface area contributed by atoms with Gasteiger partial charge in [0.2, 0.25) is 0 Å². The first-order valence-corrected chi connectivity index (χ1v) is 6.41. The van der Waals surface area contributed by atoms with Crippen LogP contribution in [0.5, 0.6) is 5.75 Å². The van der Waals surface area contributed by atoms with E-state index in [0.717, 1.165) is 0 Å². The van der Waals surface area contributed by atoms with Crippen LogP contribution in [-0.4, -0.2) is 5.78 Å². The summed E-state index contributed by atoms with van der Waals surface area (Å²) in [4.78, 5) is 12.3. The molecule has 0 aromatic heterocycles. The maximum Gasteiger partial charge on any atom is 0.193 e. The van der Waals surface area contributed by atoms with Crippen molar-refractivity contribution in [3.8, 4) is 5.75 Å². The predicted octanol–water partition coefficient (Wildman–Crippen LogP) is 3.43. The van der Waals surface area contributed by atoms with Gasteiger partial charge in [-0.05, 0) is 41.3 Å². The maximum atomic E-state index is 12.9. The van der Waals surface area contributed by atoms with Gasteiger partial charge in [-0.25, -0.2) is 4.39 Å². The van der Waals surface area contributed by atoms with Gasteiger partial charge in [-0.1, -0.05) is 32.9 Å². The van der Waals surface area contributed by atoms with Gasteiger partial charge in [-0.15, -0.1) is 5.75 Å². The topological polar surface area (TPSA) is 40.1 Å². The second-order valence-corrected chi connectivity index (χ2v) is 5.80. The van der Waals surface area contributed by atoms with Gasteiger partial charge in [-0.3, -0.25) is 4.79 Å². The van der Waals surface area contributed by atoms with Gasteiger partial charge in [-0.2, -0.15) is 0 Å². The summed E-state index contributed by atoms with van der Waals surface area (Å²) in [6.45, 7) is 5.78. The summed E-state index contributed by atoms with van der Waals surface area (Å²) < 4.78 is 12.9. The Morgan fingerprint density at radius 1 is 1.00 bits per heavy atom. The molecule has 0 aliphatic carbocycles. The first-order valence-electron chi connectivity index (χ1n) is 6.41. The highest BCUT2D eigenvalue weighted by atomic mass is 19.1. The summed E-state index contributed by atoms with van der Waals surface area (Å²) in [6.07, 6.45) is 0. The second kappa shape index (κ2) is 5.08. The van der Waals surface area contributed by atoms with Crippen molar-refractivity contribution in [3.05, 3.63) is 65.0 Å². The molecule has 0 aliphatic rings. The van der Waals surface area contributed by atoms with Crippen molar-refractivity contribution in [2.24, 2.45) is 0 Å². The zero-order valence-electron chi connectivity index (χ0n) is 11.7. The lowest BCUT2D eigenvalue weighted by Gasteiger charge is -2.26. The third kappa shape index (κ3) is 2.87. The van der Waals surface area contributed by atoms with E-state index in [-0.39, 0.29) is 22.8 Å².